The number of piperazine rings is 1. The summed E-state index contributed by atoms with van der Waals surface area (Å²) < 4.78 is 7.33. The molecule has 2 fully saturated rings. The molecule has 0 radical (unpaired) electrons. The average molecular weight is 476 g/mol. The van der Waals surface area contributed by atoms with Crippen molar-refractivity contribution >= 4 is 17.3 Å². The summed E-state index contributed by atoms with van der Waals surface area (Å²) in [7, 11) is 0. The second-order valence-corrected chi connectivity index (χ2v) is 10.0. The lowest BCUT2D eigenvalue weighted by Gasteiger charge is -2.35. The summed E-state index contributed by atoms with van der Waals surface area (Å²) in [6, 6.07) is 13.5. The Labute approximate surface area is 208 Å². The van der Waals surface area contributed by atoms with Crippen LogP contribution in [0, 0.1) is 0 Å². The summed E-state index contributed by atoms with van der Waals surface area (Å²) in [5.74, 6) is 0.671. The molecular weight excluding hydrogens is 438 g/mol. The predicted molar refractivity (Wildman–Crippen MR) is 140 cm³/mol. The molecular formula is C28H37N5O2. The number of hydrogen-bond acceptors (Lipinski definition) is 5. The van der Waals surface area contributed by atoms with Gasteiger partial charge in [-0.15, -0.1) is 0 Å². The Morgan fingerprint density at radius 3 is 2.37 bits per heavy atom. The van der Waals surface area contributed by atoms with Crippen LogP contribution >= 0.6 is 0 Å². The molecule has 1 aromatic carbocycles. The fourth-order valence-corrected chi connectivity index (χ4v) is 5.36. The van der Waals surface area contributed by atoms with Gasteiger partial charge in [0.05, 0.1) is 17.3 Å². The van der Waals surface area contributed by atoms with Crippen LogP contribution in [-0.2, 0) is 4.74 Å². The number of carbonyl (C=O) groups excluding carboxylic acids is 1. The van der Waals surface area contributed by atoms with Gasteiger partial charge in [-0.1, -0.05) is 31.2 Å². The number of piperidine rings is 1. The zero-order chi connectivity index (χ0) is 24.4. The maximum atomic E-state index is 12.2. The van der Waals surface area contributed by atoms with Crippen LogP contribution in [0.2, 0.25) is 0 Å². The van der Waals surface area contributed by atoms with Gasteiger partial charge in [-0.2, -0.15) is 5.10 Å². The largest absolute Gasteiger partial charge is 0.447 e. The molecule has 35 heavy (non-hydrogen) atoms. The monoisotopic (exact) mass is 475 g/mol. The Hall–Kier alpha value is -3.06. The van der Waals surface area contributed by atoms with Gasteiger partial charge in [-0.05, 0) is 75.5 Å². The molecule has 0 spiro atoms. The Morgan fingerprint density at radius 2 is 1.71 bits per heavy atom. The van der Waals surface area contributed by atoms with Crippen molar-refractivity contribution in [2.24, 2.45) is 0 Å². The molecule has 3 aromatic rings. The molecule has 2 aromatic heterocycles. The van der Waals surface area contributed by atoms with E-state index < -0.39 is 0 Å². The number of carbonyl (C=O) groups is 1. The summed E-state index contributed by atoms with van der Waals surface area (Å²) >= 11 is 0. The Balaban J connectivity index is 1.29. The highest BCUT2D eigenvalue weighted by molar-refractivity contribution is 5.80. The number of fused-ring (bicyclic) bond motifs is 1. The molecule has 0 atom stereocenters. The topological polar surface area (TPSA) is 53.3 Å². The van der Waals surface area contributed by atoms with Gasteiger partial charge in [0, 0.05) is 44.1 Å². The number of hydrogen-bond donors (Lipinski definition) is 0. The van der Waals surface area contributed by atoms with E-state index in [2.05, 4.69) is 64.4 Å². The maximum absolute atomic E-state index is 12.2. The van der Waals surface area contributed by atoms with E-state index in [0.29, 0.717) is 19.0 Å². The standard InChI is InChI=1S/C28H37N5O2/c1-4-30-13-10-24(11-14-30)22-5-7-23(8-6-22)25-19-27-26(9-12-29-33(27)20-25)31-15-17-32(18-16-31)28(34)35-21(2)3/h5-9,12,19-21,24H,4,10-11,13-18H2,1-3H3. The van der Waals surface area contributed by atoms with Crippen molar-refractivity contribution in [3.63, 3.8) is 0 Å². The van der Waals surface area contributed by atoms with Crippen molar-refractivity contribution in [1.82, 2.24) is 19.4 Å². The quantitative estimate of drug-likeness (QED) is 0.527. The Bertz CT molecular complexity index is 1140. The van der Waals surface area contributed by atoms with Crippen LogP contribution in [0.15, 0.2) is 48.8 Å². The van der Waals surface area contributed by atoms with Crippen molar-refractivity contribution in [1.29, 1.82) is 0 Å². The van der Waals surface area contributed by atoms with Gasteiger partial charge in [-0.3, -0.25) is 0 Å². The highest BCUT2D eigenvalue weighted by Crippen LogP contribution is 2.32. The third-order valence-electron chi connectivity index (χ3n) is 7.45. The molecule has 0 N–H and O–H groups in total. The third kappa shape index (κ3) is 5.15. The van der Waals surface area contributed by atoms with Gasteiger partial charge in [0.25, 0.3) is 0 Å². The van der Waals surface area contributed by atoms with Gasteiger partial charge in [0.1, 0.15) is 0 Å². The molecule has 2 saturated heterocycles. The lowest BCUT2D eigenvalue weighted by molar-refractivity contribution is 0.0751. The molecule has 2 aliphatic rings. The molecule has 1 amide bonds. The molecule has 2 aliphatic heterocycles. The summed E-state index contributed by atoms with van der Waals surface area (Å²) in [6.45, 7) is 12.5. The van der Waals surface area contributed by atoms with Crippen molar-refractivity contribution in [2.75, 3.05) is 50.7 Å². The fourth-order valence-electron chi connectivity index (χ4n) is 5.36. The number of nitrogens with zero attached hydrogens (tertiary/aromatic N) is 5. The number of aromatic nitrogens is 2. The first-order valence-corrected chi connectivity index (χ1v) is 13.0. The summed E-state index contributed by atoms with van der Waals surface area (Å²) in [5.41, 5.74) is 6.11. The van der Waals surface area contributed by atoms with E-state index in [9.17, 15) is 4.79 Å². The molecule has 5 rings (SSSR count). The van der Waals surface area contributed by atoms with Crippen LogP contribution in [0.3, 0.4) is 0 Å². The minimum Gasteiger partial charge on any atom is -0.447 e. The Kier molecular flexibility index (Phi) is 6.95. The first kappa shape index (κ1) is 23.7. The second kappa shape index (κ2) is 10.3. The van der Waals surface area contributed by atoms with Crippen LogP contribution in [0.5, 0.6) is 0 Å². The molecule has 0 bridgehead atoms. The minimum absolute atomic E-state index is 0.0948. The van der Waals surface area contributed by atoms with Crippen molar-refractivity contribution in [3.8, 4) is 11.1 Å². The van der Waals surface area contributed by atoms with E-state index >= 15 is 0 Å². The Morgan fingerprint density at radius 1 is 1.00 bits per heavy atom. The van der Waals surface area contributed by atoms with E-state index in [1.807, 2.05) is 24.6 Å². The zero-order valence-corrected chi connectivity index (χ0v) is 21.2. The molecule has 186 valence electrons. The zero-order valence-electron chi connectivity index (χ0n) is 21.2. The first-order valence-electron chi connectivity index (χ1n) is 13.0. The molecule has 7 nitrogen and oxygen atoms in total. The van der Waals surface area contributed by atoms with Gasteiger partial charge in [0.15, 0.2) is 0 Å². The van der Waals surface area contributed by atoms with Gasteiger partial charge < -0.3 is 19.4 Å². The molecule has 7 heteroatoms. The number of rotatable bonds is 5. The second-order valence-electron chi connectivity index (χ2n) is 10.0. The number of ether oxygens (including phenoxy) is 1. The van der Waals surface area contributed by atoms with Crippen LogP contribution in [0.25, 0.3) is 16.6 Å². The average Bonchev–Trinajstić information content (AvgIpc) is 3.33. The van der Waals surface area contributed by atoms with Crippen LogP contribution in [0.4, 0.5) is 10.5 Å². The van der Waals surface area contributed by atoms with E-state index in [0.717, 1.165) is 30.8 Å². The van der Waals surface area contributed by atoms with E-state index in [4.69, 9.17) is 4.74 Å². The van der Waals surface area contributed by atoms with Crippen LogP contribution in [-0.4, -0.2) is 77.4 Å². The van der Waals surface area contributed by atoms with Crippen molar-refractivity contribution < 1.29 is 9.53 Å². The number of benzene rings is 1. The normalized spacial score (nSPS) is 17.9. The number of likely N-dealkylation sites (tertiary alicyclic amines) is 1. The lowest BCUT2D eigenvalue weighted by Crippen LogP contribution is -2.49. The highest BCUT2D eigenvalue weighted by atomic mass is 16.6. The minimum atomic E-state index is -0.219. The molecule has 0 saturated carbocycles. The van der Waals surface area contributed by atoms with Crippen molar-refractivity contribution in [3.05, 3.63) is 54.4 Å². The molecule has 0 aliphatic carbocycles. The fraction of sp³-hybridized carbons (Fsp3) is 0.500. The van der Waals surface area contributed by atoms with E-state index in [1.165, 1.54) is 42.6 Å². The summed E-state index contributed by atoms with van der Waals surface area (Å²) in [4.78, 5) is 18.9. The van der Waals surface area contributed by atoms with Gasteiger partial charge in [-0.25, -0.2) is 9.31 Å². The van der Waals surface area contributed by atoms with Crippen LogP contribution in [0.1, 0.15) is 45.1 Å². The van der Waals surface area contributed by atoms with E-state index in [-0.39, 0.29) is 12.2 Å². The maximum Gasteiger partial charge on any atom is 0.410 e. The molecule has 0 unspecified atom stereocenters. The SMILES string of the molecule is CCN1CCC(c2ccc(-c3cc4c(N5CCN(C(=O)OC(C)C)CC5)ccnn4c3)cc2)CC1. The van der Waals surface area contributed by atoms with Crippen molar-refractivity contribution in [2.45, 2.75) is 45.6 Å². The predicted octanol–water partition coefficient (Wildman–Crippen LogP) is 4.87. The third-order valence-corrected chi connectivity index (χ3v) is 7.45. The lowest BCUT2D eigenvalue weighted by atomic mass is 9.88. The number of anilines is 1. The number of amides is 1. The molecule has 4 heterocycles. The summed E-state index contributed by atoms with van der Waals surface area (Å²) in [6.07, 6.45) is 6.16. The highest BCUT2D eigenvalue weighted by Gasteiger charge is 2.24. The smallest absolute Gasteiger partial charge is 0.410 e. The van der Waals surface area contributed by atoms with Gasteiger partial charge in [0.2, 0.25) is 0 Å². The first-order chi connectivity index (χ1) is 17.0. The van der Waals surface area contributed by atoms with Gasteiger partial charge >= 0.3 is 6.09 Å². The summed E-state index contributed by atoms with van der Waals surface area (Å²) in [5, 5.41) is 4.57. The van der Waals surface area contributed by atoms with Crippen LogP contribution < -0.4 is 4.90 Å². The van der Waals surface area contributed by atoms with E-state index in [1.54, 1.807) is 4.90 Å².